The van der Waals surface area contributed by atoms with E-state index in [1.165, 1.54) is 6.07 Å². The summed E-state index contributed by atoms with van der Waals surface area (Å²) in [5, 5.41) is 21.8. The Morgan fingerprint density at radius 3 is 1.86 bits per heavy atom. The van der Waals surface area contributed by atoms with Gasteiger partial charge < -0.3 is 26.4 Å². The zero-order valence-electron chi connectivity index (χ0n) is 12.4. The van der Waals surface area contributed by atoms with Crippen LogP contribution < -0.4 is 21.3 Å². The molecule has 5 N–H and O–H groups in total. The van der Waals surface area contributed by atoms with Crippen LogP contribution in [0.3, 0.4) is 0 Å². The molecule has 1 aromatic carbocycles. The fourth-order valence-corrected chi connectivity index (χ4v) is 2.31. The summed E-state index contributed by atoms with van der Waals surface area (Å²) in [6.07, 6.45) is 0. The standard InChI is InChI=1S/C15H22N4O3/c20-12-4-2-1-3-11(12)13-14(21)18-9-7-16-5-6-17-8-10-19-15(13)22/h1-4,13,16-17,20H,5-10H2,(H,18,21)(H,19,22). The molecule has 1 aliphatic heterocycles. The Labute approximate surface area is 129 Å². The number of hydrogen-bond donors (Lipinski definition) is 5. The SMILES string of the molecule is O=C1NCCNCCNCCNC(=O)C1c1ccccc1O. The first kappa shape index (κ1) is 16.3. The zero-order chi connectivity index (χ0) is 15.8. The molecule has 0 atom stereocenters. The second-order valence-electron chi connectivity index (χ2n) is 5.07. The van der Waals surface area contributed by atoms with E-state index in [1.807, 2.05) is 0 Å². The van der Waals surface area contributed by atoms with Crippen LogP contribution in [0, 0.1) is 0 Å². The molecule has 2 rings (SSSR count). The Kier molecular flexibility index (Phi) is 6.17. The zero-order valence-corrected chi connectivity index (χ0v) is 12.4. The lowest BCUT2D eigenvalue weighted by molar-refractivity contribution is -0.131. The highest BCUT2D eigenvalue weighted by Gasteiger charge is 2.30. The topological polar surface area (TPSA) is 102 Å². The molecule has 7 heteroatoms. The lowest BCUT2D eigenvalue weighted by Crippen LogP contribution is -2.42. The van der Waals surface area contributed by atoms with E-state index in [0.717, 1.165) is 13.1 Å². The van der Waals surface area contributed by atoms with Gasteiger partial charge in [-0.25, -0.2) is 0 Å². The lowest BCUT2D eigenvalue weighted by atomic mass is 9.96. The third-order valence-corrected chi connectivity index (χ3v) is 3.45. The number of amides is 2. The van der Waals surface area contributed by atoms with Crippen molar-refractivity contribution in [3.05, 3.63) is 29.8 Å². The molecule has 120 valence electrons. The third kappa shape index (κ3) is 4.44. The Hall–Kier alpha value is -2.12. The van der Waals surface area contributed by atoms with Gasteiger partial charge in [-0.2, -0.15) is 0 Å². The molecule has 1 fully saturated rings. The van der Waals surface area contributed by atoms with Gasteiger partial charge in [-0.15, -0.1) is 0 Å². The predicted octanol–water partition coefficient (Wildman–Crippen LogP) is -1.10. The van der Waals surface area contributed by atoms with Crippen molar-refractivity contribution in [3.8, 4) is 5.75 Å². The van der Waals surface area contributed by atoms with Crippen molar-refractivity contribution in [3.63, 3.8) is 0 Å². The molecule has 1 aromatic rings. The molecular formula is C15H22N4O3. The van der Waals surface area contributed by atoms with Crippen molar-refractivity contribution in [1.29, 1.82) is 0 Å². The number of rotatable bonds is 1. The van der Waals surface area contributed by atoms with E-state index in [9.17, 15) is 14.7 Å². The summed E-state index contributed by atoms with van der Waals surface area (Å²) in [6, 6.07) is 6.41. The first-order chi connectivity index (χ1) is 10.7. The van der Waals surface area contributed by atoms with Crippen molar-refractivity contribution in [1.82, 2.24) is 21.3 Å². The van der Waals surface area contributed by atoms with E-state index in [0.29, 0.717) is 31.7 Å². The minimum Gasteiger partial charge on any atom is -0.508 e. The molecule has 0 radical (unpaired) electrons. The maximum atomic E-state index is 12.4. The maximum absolute atomic E-state index is 12.4. The normalized spacial score (nSPS) is 19.3. The fraction of sp³-hybridized carbons (Fsp3) is 0.467. The summed E-state index contributed by atoms with van der Waals surface area (Å²) in [4.78, 5) is 24.7. The van der Waals surface area contributed by atoms with E-state index in [4.69, 9.17) is 0 Å². The number of phenols is 1. The Balaban J connectivity index is 2.18. The summed E-state index contributed by atoms with van der Waals surface area (Å²) in [5.41, 5.74) is 0.313. The molecule has 1 heterocycles. The van der Waals surface area contributed by atoms with Crippen LogP contribution in [-0.4, -0.2) is 56.2 Å². The van der Waals surface area contributed by atoms with Gasteiger partial charge in [0.15, 0.2) is 0 Å². The van der Waals surface area contributed by atoms with Crippen LogP contribution in [0.5, 0.6) is 5.75 Å². The molecule has 0 aliphatic carbocycles. The van der Waals surface area contributed by atoms with Gasteiger partial charge in [-0.1, -0.05) is 18.2 Å². The first-order valence-electron chi connectivity index (χ1n) is 7.45. The summed E-state index contributed by atoms with van der Waals surface area (Å²) in [5.74, 6) is -1.93. The fourth-order valence-electron chi connectivity index (χ4n) is 2.31. The Morgan fingerprint density at radius 2 is 1.32 bits per heavy atom. The number of carbonyl (C=O) groups excluding carboxylic acids is 2. The third-order valence-electron chi connectivity index (χ3n) is 3.45. The highest BCUT2D eigenvalue weighted by atomic mass is 16.3. The molecule has 0 saturated carbocycles. The second-order valence-corrected chi connectivity index (χ2v) is 5.07. The van der Waals surface area contributed by atoms with Crippen LogP contribution in [0.2, 0.25) is 0 Å². The van der Waals surface area contributed by atoms with E-state index < -0.39 is 17.7 Å². The van der Waals surface area contributed by atoms with Crippen molar-refractivity contribution in [2.75, 3.05) is 39.3 Å². The number of para-hydroxylation sites is 1. The molecule has 0 bridgehead atoms. The summed E-state index contributed by atoms with van der Waals surface area (Å²) in [7, 11) is 0. The van der Waals surface area contributed by atoms with Crippen LogP contribution in [0.25, 0.3) is 0 Å². The molecule has 7 nitrogen and oxygen atoms in total. The summed E-state index contributed by atoms with van der Waals surface area (Å²) in [6.45, 7) is 3.71. The van der Waals surface area contributed by atoms with Crippen molar-refractivity contribution >= 4 is 11.8 Å². The minimum absolute atomic E-state index is 0.0571. The molecule has 0 aromatic heterocycles. The van der Waals surface area contributed by atoms with E-state index in [-0.39, 0.29) is 5.75 Å². The number of aromatic hydroxyl groups is 1. The Morgan fingerprint density at radius 1 is 0.818 bits per heavy atom. The highest BCUT2D eigenvalue weighted by molar-refractivity contribution is 6.06. The van der Waals surface area contributed by atoms with Gasteiger partial charge in [0.05, 0.1) is 0 Å². The lowest BCUT2D eigenvalue weighted by Gasteiger charge is -2.18. The van der Waals surface area contributed by atoms with Crippen LogP contribution in [0.15, 0.2) is 24.3 Å². The number of carbonyl (C=O) groups is 2. The number of phenolic OH excluding ortho intramolecular Hbond substituents is 1. The Bertz CT molecular complexity index is 497. The van der Waals surface area contributed by atoms with Gasteiger partial charge in [0.2, 0.25) is 11.8 Å². The van der Waals surface area contributed by atoms with Crippen molar-refractivity contribution < 1.29 is 14.7 Å². The number of hydrogen-bond acceptors (Lipinski definition) is 5. The highest BCUT2D eigenvalue weighted by Crippen LogP contribution is 2.25. The minimum atomic E-state index is -1.05. The average molecular weight is 306 g/mol. The molecule has 1 saturated heterocycles. The van der Waals surface area contributed by atoms with E-state index in [1.54, 1.807) is 18.2 Å². The average Bonchev–Trinajstić information content (AvgIpc) is 2.52. The van der Waals surface area contributed by atoms with Crippen LogP contribution in [-0.2, 0) is 9.59 Å². The van der Waals surface area contributed by atoms with E-state index in [2.05, 4.69) is 21.3 Å². The number of benzene rings is 1. The van der Waals surface area contributed by atoms with Crippen LogP contribution in [0.4, 0.5) is 0 Å². The van der Waals surface area contributed by atoms with Gasteiger partial charge in [-0.05, 0) is 6.07 Å². The first-order valence-corrected chi connectivity index (χ1v) is 7.45. The van der Waals surface area contributed by atoms with Crippen LogP contribution in [0.1, 0.15) is 11.5 Å². The molecular weight excluding hydrogens is 284 g/mol. The van der Waals surface area contributed by atoms with Crippen molar-refractivity contribution in [2.24, 2.45) is 0 Å². The van der Waals surface area contributed by atoms with Gasteiger partial charge >= 0.3 is 0 Å². The molecule has 0 unspecified atom stereocenters. The second kappa shape index (κ2) is 8.35. The quantitative estimate of drug-likeness (QED) is 0.424. The van der Waals surface area contributed by atoms with Gasteiger partial charge in [0.25, 0.3) is 0 Å². The summed E-state index contributed by atoms with van der Waals surface area (Å²) >= 11 is 0. The maximum Gasteiger partial charge on any atom is 0.237 e. The molecule has 22 heavy (non-hydrogen) atoms. The molecule has 1 aliphatic rings. The van der Waals surface area contributed by atoms with Crippen LogP contribution >= 0.6 is 0 Å². The van der Waals surface area contributed by atoms with Gasteiger partial charge in [-0.3, -0.25) is 9.59 Å². The van der Waals surface area contributed by atoms with Crippen molar-refractivity contribution in [2.45, 2.75) is 5.92 Å². The number of nitrogens with one attached hydrogen (secondary N) is 4. The monoisotopic (exact) mass is 306 g/mol. The van der Waals surface area contributed by atoms with Gasteiger partial charge in [0.1, 0.15) is 11.7 Å². The summed E-state index contributed by atoms with van der Waals surface area (Å²) < 4.78 is 0. The van der Waals surface area contributed by atoms with Gasteiger partial charge in [0, 0.05) is 44.8 Å². The molecule has 2 amide bonds. The molecule has 0 spiro atoms. The smallest absolute Gasteiger partial charge is 0.237 e. The van der Waals surface area contributed by atoms with E-state index >= 15 is 0 Å². The predicted molar refractivity (Wildman–Crippen MR) is 82.6 cm³/mol. The largest absolute Gasteiger partial charge is 0.508 e.